The van der Waals surface area contributed by atoms with E-state index in [4.69, 9.17) is 5.73 Å². The van der Waals surface area contributed by atoms with Gasteiger partial charge < -0.3 is 5.73 Å². The van der Waals surface area contributed by atoms with E-state index in [0.717, 1.165) is 6.42 Å². The van der Waals surface area contributed by atoms with E-state index in [9.17, 15) is 0 Å². The van der Waals surface area contributed by atoms with Crippen LogP contribution in [-0.4, -0.2) is 6.04 Å². The van der Waals surface area contributed by atoms with E-state index in [-0.39, 0.29) is 0 Å². The molecule has 0 bridgehead atoms. The third kappa shape index (κ3) is 3.19. The maximum Gasteiger partial charge on any atom is 0.0115 e. The number of rotatable bonds is 3. The lowest BCUT2D eigenvalue weighted by atomic mass is 10.1. The van der Waals surface area contributed by atoms with Gasteiger partial charge in [0.1, 0.15) is 0 Å². The average molecular weight is 177 g/mol. The first-order valence-corrected chi connectivity index (χ1v) is 4.88. The van der Waals surface area contributed by atoms with Crippen LogP contribution in [0.2, 0.25) is 0 Å². The second kappa shape index (κ2) is 4.43. The maximum atomic E-state index is 5.78. The lowest BCUT2D eigenvalue weighted by Gasteiger charge is -1.96. The van der Waals surface area contributed by atoms with Crippen molar-refractivity contribution in [2.75, 3.05) is 0 Å². The topological polar surface area (TPSA) is 26.0 Å². The summed E-state index contributed by atoms with van der Waals surface area (Å²) in [6.45, 7) is 6.28. The first-order valence-electron chi connectivity index (χ1n) is 4.88. The molecule has 72 valence electrons. The van der Waals surface area contributed by atoms with Crippen LogP contribution in [0.25, 0.3) is 0 Å². The monoisotopic (exact) mass is 177 g/mol. The molecule has 13 heavy (non-hydrogen) atoms. The van der Waals surface area contributed by atoms with Crippen LogP contribution in [-0.2, 0) is 0 Å². The predicted molar refractivity (Wildman–Crippen MR) is 58.4 cm³/mol. The summed E-state index contributed by atoms with van der Waals surface area (Å²) in [6, 6.07) is 0.405. The van der Waals surface area contributed by atoms with Crippen LogP contribution < -0.4 is 5.73 Å². The molecular formula is C12H19N. The molecule has 0 aliphatic heterocycles. The van der Waals surface area contributed by atoms with Gasteiger partial charge in [0.15, 0.2) is 0 Å². The fourth-order valence-electron chi connectivity index (χ4n) is 1.38. The van der Waals surface area contributed by atoms with Crippen LogP contribution in [0.1, 0.15) is 27.2 Å². The normalized spacial score (nSPS) is 27.8. The molecule has 0 heterocycles. The van der Waals surface area contributed by atoms with Crippen LogP contribution >= 0.6 is 0 Å². The molecule has 0 spiro atoms. The van der Waals surface area contributed by atoms with Gasteiger partial charge in [0.05, 0.1) is 0 Å². The molecule has 1 aliphatic rings. The fraction of sp³-hybridized carbons (Fsp3) is 0.500. The molecule has 0 radical (unpaired) electrons. The van der Waals surface area contributed by atoms with Crippen molar-refractivity contribution in [1.82, 2.24) is 0 Å². The largest absolute Gasteiger partial charge is 0.327 e. The second-order valence-electron chi connectivity index (χ2n) is 3.90. The van der Waals surface area contributed by atoms with Crippen molar-refractivity contribution in [2.24, 2.45) is 11.7 Å². The van der Waals surface area contributed by atoms with Crippen molar-refractivity contribution in [1.29, 1.82) is 0 Å². The molecule has 1 aliphatic carbocycles. The van der Waals surface area contributed by atoms with Crippen LogP contribution in [0.4, 0.5) is 0 Å². The van der Waals surface area contributed by atoms with Crippen molar-refractivity contribution in [2.45, 2.75) is 33.2 Å². The van der Waals surface area contributed by atoms with Gasteiger partial charge in [-0.15, -0.1) is 0 Å². The summed E-state index contributed by atoms with van der Waals surface area (Å²) in [5.41, 5.74) is 8.49. The minimum absolute atomic E-state index is 0.405. The summed E-state index contributed by atoms with van der Waals surface area (Å²) in [5.74, 6) is 0.617. The zero-order valence-corrected chi connectivity index (χ0v) is 8.75. The van der Waals surface area contributed by atoms with Gasteiger partial charge in [-0.05, 0) is 32.8 Å². The highest BCUT2D eigenvalue weighted by Gasteiger charge is 2.34. The Morgan fingerprint density at radius 3 is 2.38 bits per heavy atom. The predicted octanol–water partition coefficient (Wildman–Crippen LogP) is 2.80. The van der Waals surface area contributed by atoms with Crippen molar-refractivity contribution in [3.05, 3.63) is 35.5 Å². The minimum Gasteiger partial charge on any atom is -0.327 e. The van der Waals surface area contributed by atoms with Gasteiger partial charge >= 0.3 is 0 Å². The van der Waals surface area contributed by atoms with Crippen LogP contribution in [0.3, 0.4) is 0 Å². The van der Waals surface area contributed by atoms with Crippen LogP contribution in [0.15, 0.2) is 35.5 Å². The van der Waals surface area contributed by atoms with E-state index in [0.29, 0.717) is 12.0 Å². The molecule has 1 nitrogen and oxygen atoms in total. The van der Waals surface area contributed by atoms with Crippen molar-refractivity contribution in [3.8, 4) is 0 Å². The third-order valence-electron chi connectivity index (χ3n) is 2.32. The first kappa shape index (κ1) is 10.3. The van der Waals surface area contributed by atoms with Gasteiger partial charge in [-0.25, -0.2) is 0 Å². The zero-order chi connectivity index (χ0) is 9.84. The van der Waals surface area contributed by atoms with Crippen LogP contribution in [0, 0.1) is 5.92 Å². The lowest BCUT2D eigenvalue weighted by molar-refractivity contribution is 0.939. The Morgan fingerprint density at radius 1 is 1.38 bits per heavy atom. The van der Waals surface area contributed by atoms with Crippen molar-refractivity contribution >= 4 is 0 Å². The summed E-state index contributed by atoms with van der Waals surface area (Å²) in [6.07, 6.45) is 9.71. The Bertz CT molecular complexity index is 254. The highest BCUT2D eigenvalue weighted by Crippen LogP contribution is 2.35. The molecule has 1 heteroatoms. The van der Waals surface area contributed by atoms with Gasteiger partial charge in [-0.1, -0.05) is 29.9 Å². The number of hydrogen-bond donors (Lipinski definition) is 1. The van der Waals surface area contributed by atoms with E-state index in [1.54, 1.807) is 0 Å². The van der Waals surface area contributed by atoms with E-state index in [1.807, 2.05) is 0 Å². The SMILES string of the molecule is C/C=C(\C=C/C=C(C)C)C1CC1N. The molecule has 1 fully saturated rings. The number of allylic oxidation sites excluding steroid dienone is 5. The standard InChI is InChI=1S/C12H19N/c1-4-10(11-8-12(11)13)7-5-6-9(2)3/h4-7,11-12H,8,13H2,1-3H3/b7-5-,10-4+. The number of nitrogens with two attached hydrogens (primary N) is 1. The summed E-state index contributed by atoms with van der Waals surface area (Å²) in [4.78, 5) is 0. The molecule has 0 aromatic heterocycles. The molecule has 2 N–H and O–H groups in total. The summed E-state index contributed by atoms with van der Waals surface area (Å²) >= 11 is 0. The Kier molecular flexibility index (Phi) is 3.49. The van der Waals surface area contributed by atoms with Crippen molar-refractivity contribution < 1.29 is 0 Å². The molecule has 2 unspecified atom stereocenters. The lowest BCUT2D eigenvalue weighted by Crippen LogP contribution is -2.02. The van der Waals surface area contributed by atoms with Gasteiger partial charge in [0, 0.05) is 12.0 Å². The summed E-state index contributed by atoms with van der Waals surface area (Å²) in [7, 11) is 0. The molecule has 1 saturated carbocycles. The molecule has 0 aromatic carbocycles. The van der Waals surface area contributed by atoms with Gasteiger partial charge in [-0.2, -0.15) is 0 Å². The minimum atomic E-state index is 0.405. The van der Waals surface area contributed by atoms with E-state index in [2.05, 4.69) is 45.1 Å². The van der Waals surface area contributed by atoms with Gasteiger partial charge in [-0.3, -0.25) is 0 Å². The van der Waals surface area contributed by atoms with Crippen molar-refractivity contribution in [3.63, 3.8) is 0 Å². The van der Waals surface area contributed by atoms with Crippen LogP contribution in [0.5, 0.6) is 0 Å². The molecule has 0 aromatic rings. The number of hydrogen-bond acceptors (Lipinski definition) is 1. The average Bonchev–Trinajstić information content (AvgIpc) is 2.76. The Hall–Kier alpha value is -0.820. The zero-order valence-electron chi connectivity index (χ0n) is 8.75. The Morgan fingerprint density at radius 2 is 2.00 bits per heavy atom. The molecule has 2 atom stereocenters. The maximum absolute atomic E-state index is 5.78. The van der Waals surface area contributed by atoms with E-state index >= 15 is 0 Å². The molecule has 0 saturated heterocycles. The molecule has 1 rings (SSSR count). The second-order valence-corrected chi connectivity index (χ2v) is 3.90. The van der Waals surface area contributed by atoms with Gasteiger partial charge in [0.25, 0.3) is 0 Å². The molecule has 0 amide bonds. The highest BCUT2D eigenvalue weighted by atomic mass is 14.7. The quantitative estimate of drug-likeness (QED) is 0.659. The van der Waals surface area contributed by atoms with E-state index in [1.165, 1.54) is 11.1 Å². The fourth-order valence-corrected chi connectivity index (χ4v) is 1.38. The first-order chi connectivity index (χ1) is 6.15. The summed E-state index contributed by atoms with van der Waals surface area (Å²) < 4.78 is 0. The highest BCUT2D eigenvalue weighted by molar-refractivity contribution is 5.30. The molecular weight excluding hydrogens is 158 g/mol. The smallest absolute Gasteiger partial charge is 0.0115 e. The summed E-state index contributed by atoms with van der Waals surface area (Å²) in [5, 5.41) is 0. The Balaban J connectivity index is 2.51. The Labute approximate surface area is 81.0 Å². The van der Waals surface area contributed by atoms with E-state index < -0.39 is 0 Å². The van der Waals surface area contributed by atoms with Gasteiger partial charge in [0.2, 0.25) is 0 Å². The third-order valence-corrected chi connectivity index (χ3v) is 2.32.